The molecule has 1 atom stereocenters. The number of ether oxygens (including phenoxy) is 1. The normalized spacial score (nSPS) is 17.4. The predicted molar refractivity (Wildman–Crippen MR) is 132 cm³/mol. The first kappa shape index (κ1) is 24.6. The first-order chi connectivity index (χ1) is 14.0. The Morgan fingerprint density at radius 2 is 2.07 bits per heavy atom. The third kappa shape index (κ3) is 6.42. The second-order valence-electron chi connectivity index (χ2n) is 7.93. The molecular formula is C22H35IN6O. The molecule has 7 nitrogen and oxygen atoms in total. The molecule has 1 fully saturated rings. The van der Waals surface area contributed by atoms with Gasteiger partial charge in [0, 0.05) is 51.5 Å². The Balaban J connectivity index is 0.00000320. The largest absolute Gasteiger partial charge is 0.370 e. The van der Waals surface area contributed by atoms with E-state index in [2.05, 4.69) is 70.4 Å². The summed E-state index contributed by atoms with van der Waals surface area (Å²) in [6, 6.07) is 9.14. The Morgan fingerprint density at radius 1 is 1.33 bits per heavy atom. The first-order valence-corrected chi connectivity index (χ1v) is 10.3. The minimum absolute atomic E-state index is 0. The molecule has 2 heterocycles. The van der Waals surface area contributed by atoms with Crippen LogP contribution in [0.4, 0.5) is 0 Å². The fraction of sp³-hybridized carbons (Fsp3) is 0.545. The van der Waals surface area contributed by atoms with Crippen molar-refractivity contribution in [3.63, 3.8) is 0 Å². The maximum atomic E-state index is 5.97. The number of hydrogen-bond acceptors (Lipinski definition) is 4. The molecule has 1 aromatic carbocycles. The number of guanidine groups is 1. The number of aryl methyl sites for hydroxylation is 1. The minimum atomic E-state index is 0. The number of aromatic nitrogens is 2. The number of nitrogens with one attached hydrogen (secondary N) is 1. The SMILES string of the molecule is CN=C(NCc1ccccc1CN(C)C(C)C)N1CCOC(c2cnn(C)c2)C1.I. The van der Waals surface area contributed by atoms with Gasteiger partial charge < -0.3 is 15.0 Å². The number of morpholine rings is 1. The Kier molecular flexibility index (Phi) is 9.57. The highest BCUT2D eigenvalue weighted by atomic mass is 127. The van der Waals surface area contributed by atoms with E-state index in [-0.39, 0.29) is 30.1 Å². The van der Waals surface area contributed by atoms with Gasteiger partial charge in [-0.2, -0.15) is 5.10 Å². The lowest BCUT2D eigenvalue weighted by molar-refractivity contribution is -0.00805. The van der Waals surface area contributed by atoms with Crippen molar-refractivity contribution in [1.82, 2.24) is 24.9 Å². The van der Waals surface area contributed by atoms with Crippen molar-refractivity contribution in [2.45, 2.75) is 39.1 Å². The summed E-state index contributed by atoms with van der Waals surface area (Å²) in [4.78, 5) is 9.15. The smallest absolute Gasteiger partial charge is 0.194 e. The molecule has 1 N–H and O–H groups in total. The molecule has 8 heteroatoms. The summed E-state index contributed by atoms with van der Waals surface area (Å²) in [7, 11) is 5.94. The number of aliphatic imine (C=N–C) groups is 1. The van der Waals surface area contributed by atoms with Crippen molar-refractivity contribution in [1.29, 1.82) is 0 Å². The van der Waals surface area contributed by atoms with Crippen LogP contribution in [0.25, 0.3) is 0 Å². The molecule has 1 unspecified atom stereocenters. The summed E-state index contributed by atoms with van der Waals surface area (Å²) in [5, 5.41) is 7.83. The molecule has 0 radical (unpaired) electrons. The lowest BCUT2D eigenvalue weighted by Gasteiger charge is -2.35. The minimum Gasteiger partial charge on any atom is -0.370 e. The van der Waals surface area contributed by atoms with Gasteiger partial charge in [0.1, 0.15) is 6.10 Å². The predicted octanol–water partition coefficient (Wildman–Crippen LogP) is 3.03. The fourth-order valence-corrected chi connectivity index (χ4v) is 3.49. The van der Waals surface area contributed by atoms with Crippen LogP contribution in [0.15, 0.2) is 41.7 Å². The zero-order chi connectivity index (χ0) is 20.8. The molecular weight excluding hydrogens is 491 g/mol. The highest BCUT2D eigenvalue weighted by Gasteiger charge is 2.25. The molecule has 1 saturated heterocycles. The molecule has 30 heavy (non-hydrogen) atoms. The molecule has 1 aliphatic heterocycles. The lowest BCUT2D eigenvalue weighted by Crippen LogP contribution is -2.48. The third-order valence-electron chi connectivity index (χ3n) is 5.53. The molecule has 0 bridgehead atoms. The van der Waals surface area contributed by atoms with Gasteiger partial charge in [0.15, 0.2) is 5.96 Å². The van der Waals surface area contributed by atoms with E-state index in [1.165, 1.54) is 11.1 Å². The van der Waals surface area contributed by atoms with Crippen molar-refractivity contribution in [3.8, 4) is 0 Å². The molecule has 0 spiro atoms. The van der Waals surface area contributed by atoms with E-state index in [9.17, 15) is 0 Å². The summed E-state index contributed by atoms with van der Waals surface area (Å²) >= 11 is 0. The van der Waals surface area contributed by atoms with E-state index >= 15 is 0 Å². The third-order valence-corrected chi connectivity index (χ3v) is 5.53. The zero-order valence-electron chi connectivity index (χ0n) is 18.7. The summed E-state index contributed by atoms with van der Waals surface area (Å²) in [5.41, 5.74) is 3.76. The Hall–Kier alpha value is -1.65. The van der Waals surface area contributed by atoms with E-state index in [1.807, 2.05) is 31.2 Å². The highest BCUT2D eigenvalue weighted by molar-refractivity contribution is 14.0. The summed E-state index contributed by atoms with van der Waals surface area (Å²) in [5.74, 6) is 0.911. The quantitative estimate of drug-likeness (QED) is 0.357. The van der Waals surface area contributed by atoms with Gasteiger partial charge in [0.05, 0.1) is 19.3 Å². The maximum absolute atomic E-state index is 5.97. The van der Waals surface area contributed by atoms with Crippen LogP contribution in [-0.4, -0.2) is 65.4 Å². The molecule has 0 amide bonds. The first-order valence-electron chi connectivity index (χ1n) is 10.3. The molecule has 3 rings (SSSR count). The summed E-state index contributed by atoms with van der Waals surface area (Å²) < 4.78 is 7.78. The summed E-state index contributed by atoms with van der Waals surface area (Å²) in [6.07, 6.45) is 3.92. The van der Waals surface area contributed by atoms with Crippen LogP contribution >= 0.6 is 24.0 Å². The number of rotatable bonds is 6. The average molecular weight is 526 g/mol. The fourth-order valence-electron chi connectivity index (χ4n) is 3.49. The van der Waals surface area contributed by atoms with Crippen molar-refractivity contribution in [3.05, 3.63) is 53.3 Å². The van der Waals surface area contributed by atoms with Crippen molar-refractivity contribution >= 4 is 29.9 Å². The van der Waals surface area contributed by atoms with E-state index < -0.39 is 0 Å². The molecule has 1 aromatic heterocycles. The lowest BCUT2D eigenvalue weighted by atomic mass is 10.1. The molecule has 1 aliphatic rings. The standard InChI is InChI=1S/C22H34N6O.HI/c1-17(2)26(4)14-19-9-7-6-8-18(19)12-24-22(23-3)28-10-11-29-21(16-28)20-13-25-27(5)15-20;/h6-9,13,15,17,21H,10-12,14,16H2,1-5H3,(H,23,24);1H. The van der Waals surface area contributed by atoms with Crippen LogP contribution in [0, 0.1) is 0 Å². The number of halogens is 1. The number of hydrogen-bond donors (Lipinski definition) is 1. The van der Waals surface area contributed by atoms with Gasteiger partial charge in [-0.1, -0.05) is 24.3 Å². The number of benzene rings is 1. The number of nitrogens with zero attached hydrogens (tertiary/aromatic N) is 5. The van der Waals surface area contributed by atoms with Crippen LogP contribution in [-0.2, 0) is 24.9 Å². The van der Waals surface area contributed by atoms with Crippen LogP contribution < -0.4 is 5.32 Å². The van der Waals surface area contributed by atoms with Gasteiger partial charge >= 0.3 is 0 Å². The second-order valence-corrected chi connectivity index (χ2v) is 7.93. The van der Waals surface area contributed by atoms with Crippen LogP contribution in [0.5, 0.6) is 0 Å². The van der Waals surface area contributed by atoms with Gasteiger partial charge in [0.25, 0.3) is 0 Å². The second kappa shape index (κ2) is 11.7. The van der Waals surface area contributed by atoms with Crippen LogP contribution in [0.3, 0.4) is 0 Å². The molecule has 0 saturated carbocycles. The van der Waals surface area contributed by atoms with Gasteiger partial charge in [-0.3, -0.25) is 14.6 Å². The van der Waals surface area contributed by atoms with Crippen molar-refractivity contribution in [2.24, 2.45) is 12.0 Å². The maximum Gasteiger partial charge on any atom is 0.194 e. The van der Waals surface area contributed by atoms with Crippen LogP contribution in [0.1, 0.15) is 36.6 Å². The van der Waals surface area contributed by atoms with Crippen LogP contribution in [0.2, 0.25) is 0 Å². The zero-order valence-corrected chi connectivity index (χ0v) is 21.0. The van der Waals surface area contributed by atoms with Gasteiger partial charge in [0.2, 0.25) is 0 Å². The average Bonchev–Trinajstić information content (AvgIpc) is 3.16. The Labute approximate surface area is 197 Å². The topological polar surface area (TPSA) is 57.9 Å². The van der Waals surface area contributed by atoms with Gasteiger partial charge in [-0.25, -0.2) is 0 Å². The molecule has 0 aliphatic carbocycles. The summed E-state index contributed by atoms with van der Waals surface area (Å²) in [6.45, 7) is 8.41. The van der Waals surface area contributed by atoms with E-state index in [0.717, 1.165) is 37.7 Å². The van der Waals surface area contributed by atoms with E-state index in [0.29, 0.717) is 12.6 Å². The highest BCUT2D eigenvalue weighted by Crippen LogP contribution is 2.21. The Morgan fingerprint density at radius 3 is 2.70 bits per heavy atom. The van der Waals surface area contributed by atoms with E-state index in [4.69, 9.17) is 4.74 Å². The van der Waals surface area contributed by atoms with Crippen molar-refractivity contribution in [2.75, 3.05) is 33.8 Å². The molecule has 2 aromatic rings. The Bertz CT molecular complexity index is 821. The van der Waals surface area contributed by atoms with Gasteiger partial charge in [-0.15, -0.1) is 24.0 Å². The molecule has 166 valence electrons. The monoisotopic (exact) mass is 526 g/mol. The van der Waals surface area contributed by atoms with Crippen molar-refractivity contribution < 1.29 is 4.74 Å². The van der Waals surface area contributed by atoms with E-state index in [1.54, 1.807) is 0 Å². The van der Waals surface area contributed by atoms with Gasteiger partial charge in [-0.05, 0) is 32.0 Å².